The van der Waals surface area contributed by atoms with E-state index in [-0.39, 0.29) is 6.04 Å². The summed E-state index contributed by atoms with van der Waals surface area (Å²) in [6, 6.07) is 7.24. The maximum Gasteiger partial charge on any atom is 0.319 e. The van der Waals surface area contributed by atoms with Crippen LogP contribution in [0.4, 0.5) is 10.5 Å². The second-order valence-electron chi connectivity index (χ2n) is 4.47. The van der Waals surface area contributed by atoms with Crippen molar-refractivity contribution in [2.75, 3.05) is 4.90 Å². The third-order valence-corrected chi connectivity index (χ3v) is 3.24. The summed E-state index contributed by atoms with van der Waals surface area (Å²) in [6.07, 6.45) is 9.98. The lowest BCUT2D eigenvalue weighted by molar-refractivity contribution is 0.253. The number of nitrogens with zero attached hydrogens (tertiary/aromatic N) is 1. The Labute approximate surface area is 113 Å². The fourth-order valence-electron chi connectivity index (χ4n) is 2.24. The molecule has 1 aromatic rings. The minimum atomic E-state index is -0.435. The van der Waals surface area contributed by atoms with Crippen molar-refractivity contribution in [3.05, 3.63) is 59.7 Å². The summed E-state index contributed by atoms with van der Waals surface area (Å²) < 4.78 is 0. The molecule has 2 rings (SSSR count). The molecule has 0 bridgehead atoms. The zero-order valence-corrected chi connectivity index (χ0v) is 11.2. The highest BCUT2D eigenvalue weighted by Crippen LogP contribution is 2.30. The summed E-state index contributed by atoms with van der Waals surface area (Å²) in [5.74, 6) is 0. The van der Waals surface area contributed by atoms with Crippen LogP contribution in [0.2, 0.25) is 0 Å². The predicted octanol–water partition coefficient (Wildman–Crippen LogP) is 3.49. The molecule has 1 atom stereocenters. The number of fused-ring (bicyclic) bond motifs is 1. The van der Waals surface area contributed by atoms with Gasteiger partial charge in [0.15, 0.2) is 0 Å². The quantitative estimate of drug-likeness (QED) is 0.819. The zero-order chi connectivity index (χ0) is 13.8. The fourth-order valence-corrected chi connectivity index (χ4v) is 2.24. The van der Waals surface area contributed by atoms with Crippen molar-refractivity contribution >= 4 is 17.8 Å². The summed E-state index contributed by atoms with van der Waals surface area (Å²) in [5.41, 5.74) is 8.44. The van der Waals surface area contributed by atoms with Gasteiger partial charge in [-0.3, -0.25) is 4.90 Å². The number of primary amides is 1. The molecule has 0 aliphatic carbocycles. The van der Waals surface area contributed by atoms with Gasteiger partial charge in [0.05, 0.1) is 11.7 Å². The largest absolute Gasteiger partial charge is 0.351 e. The van der Waals surface area contributed by atoms with Gasteiger partial charge in [0.1, 0.15) is 0 Å². The molecule has 1 aliphatic rings. The molecule has 1 heterocycles. The van der Waals surface area contributed by atoms with Gasteiger partial charge in [-0.1, -0.05) is 48.6 Å². The first-order valence-corrected chi connectivity index (χ1v) is 6.33. The van der Waals surface area contributed by atoms with Crippen LogP contribution in [0.1, 0.15) is 19.4 Å². The van der Waals surface area contributed by atoms with Crippen molar-refractivity contribution in [1.82, 2.24) is 0 Å². The van der Waals surface area contributed by atoms with Gasteiger partial charge >= 0.3 is 6.03 Å². The van der Waals surface area contributed by atoms with Gasteiger partial charge in [-0.2, -0.15) is 0 Å². The second-order valence-corrected chi connectivity index (χ2v) is 4.47. The minimum absolute atomic E-state index is 0.0893. The molecule has 19 heavy (non-hydrogen) atoms. The molecule has 0 saturated heterocycles. The van der Waals surface area contributed by atoms with E-state index in [9.17, 15) is 4.79 Å². The van der Waals surface area contributed by atoms with E-state index in [0.717, 1.165) is 16.8 Å². The van der Waals surface area contributed by atoms with Gasteiger partial charge in [0.25, 0.3) is 0 Å². The summed E-state index contributed by atoms with van der Waals surface area (Å²) in [6.45, 7) is 3.94. The van der Waals surface area contributed by atoms with Gasteiger partial charge in [-0.15, -0.1) is 0 Å². The number of hydrogen-bond donors (Lipinski definition) is 1. The molecule has 3 heteroatoms. The van der Waals surface area contributed by atoms with Crippen LogP contribution in [-0.2, 0) is 0 Å². The van der Waals surface area contributed by atoms with E-state index in [1.54, 1.807) is 4.90 Å². The Kier molecular flexibility index (Phi) is 3.85. The normalized spacial score (nSPS) is 20.6. The first-order valence-electron chi connectivity index (χ1n) is 6.33. The van der Waals surface area contributed by atoms with E-state index in [4.69, 9.17) is 5.73 Å². The predicted molar refractivity (Wildman–Crippen MR) is 79.9 cm³/mol. The molecule has 0 aromatic heterocycles. The van der Waals surface area contributed by atoms with E-state index in [2.05, 4.69) is 0 Å². The van der Waals surface area contributed by atoms with Crippen LogP contribution < -0.4 is 10.6 Å². The maximum absolute atomic E-state index is 11.8. The smallest absolute Gasteiger partial charge is 0.319 e. The third-order valence-electron chi connectivity index (χ3n) is 3.24. The Hall–Kier alpha value is -2.29. The van der Waals surface area contributed by atoms with Crippen LogP contribution in [0.3, 0.4) is 0 Å². The molecule has 2 N–H and O–H groups in total. The monoisotopic (exact) mass is 254 g/mol. The number of rotatable bonds is 1. The van der Waals surface area contributed by atoms with Crippen LogP contribution in [0, 0.1) is 0 Å². The fraction of sp³-hybridized carbons (Fsp3) is 0.188. The number of anilines is 1. The lowest BCUT2D eigenvalue weighted by atomic mass is 10.1. The average molecular weight is 254 g/mol. The number of carbonyl (C=O) groups is 1. The molecule has 3 nitrogen and oxygen atoms in total. The molecule has 2 amide bonds. The number of allylic oxidation sites excluding steroid dienone is 3. The third kappa shape index (κ3) is 2.60. The molecule has 0 radical (unpaired) electrons. The van der Waals surface area contributed by atoms with Crippen LogP contribution in [-0.4, -0.2) is 12.1 Å². The lowest BCUT2D eigenvalue weighted by Gasteiger charge is -2.28. The summed E-state index contributed by atoms with van der Waals surface area (Å²) in [7, 11) is 0. The highest BCUT2D eigenvalue weighted by Gasteiger charge is 2.25. The highest BCUT2D eigenvalue weighted by atomic mass is 16.2. The van der Waals surface area contributed by atoms with E-state index in [1.807, 2.05) is 68.5 Å². The Morgan fingerprint density at radius 1 is 1.32 bits per heavy atom. The number of urea groups is 1. The molecule has 98 valence electrons. The molecule has 1 unspecified atom stereocenters. The summed E-state index contributed by atoms with van der Waals surface area (Å²) >= 11 is 0. The molecule has 1 aromatic carbocycles. The Balaban J connectivity index is 2.55. The first-order chi connectivity index (χ1) is 9.15. The first kappa shape index (κ1) is 13.1. The van der Waals surface area contributed by atoms with Crippen molar-refractivity contribution in [2.45, 2.75) is 19.9 Å². The van der Waals surface area contributed by atoms with Crippen molar-refractivity contribution in [3.63, 3.8) is 0 Å². The van der Waals surface area contributed by atoms with Crippen molar-refractivity contribution in [1.29, 1.82) is 0 Å². The van der Waals surface area contributed by atoms with Crippen LogP contribution in [0.15, 0.2) is 54.1 Å². The van der Waals surface area contributed by atoms with Crippen LogP contribution >= 0.6 is 0 Å². The Morgan fingerprint density at radius 3 is 2.74 bits per heavy atom. The number of para-hydroxylation sites is 1. The molecule has 1 aliphatic heterocycles. The molecule has 0 saturated carbocycles. The van der Waals surface area contributed by atoms with Crippen molar-refractivity contribution < 1.29 is 4.79 Å². The maximum atomic E-state index is 11.8. The molecular formula is C16H18N2O. The Bertz CT molecular complexity index is 570. The van der Waals surface area contributed by atoms with Crippen molar-refractivity contribution in [3.8, 4) is 0 Å². The van der Waals surface area contributed by atoms with Gasteiger partial charge in [-0.05, 0) is 31.1 Å². The molecular weight excluding hydrogens is 236 g/mol. The van der Waals surface area contributed by atoms with E-state index < -0.39 is 6.03 Å². The standard InChI is InChI=1S/C16H18N2O/c1-3-4-7-13-10-11-14-8-5-6-9-15(14)18(12(13)2)16(17)19/h3-12H,1-2H3,(H2,17,19)/b4-3-,13-7-. The second kappa shape index (κ2) is 5.57. The highest BCUT2D eigenvalue weighted by molar-refractivity contribution is 5.95. The number of hydrogen-bond acceptors (Lipinski definition) is 1. The van der Waals surface area contributed by atoms with E-state index in [0.29, 0.717) is 0 Å². The van der Waals surface area contributed by atoms with E-state index >= 15 is 0 Å². The summed E-state index contributed by atoms with van der Waals surface area (Å²) in [4.78, 5) is 13.4. The summed E-state index contributed by atoms with van der Waals surface area (Å²) in [5, 5.41) is 0. The Morgan fingerprint density at radius 2 is 2.05 bits per heavy atom. The number of amides is 2. The lowest BCUT2D eigenvalue weighted by Crippen LogP contribution is -2.43. The topological polar surface area (TPSA) is 46.3 Å². The van der Waals surface area contributed by atoms with E-state index in [1.165, 1.54) is 0 Å². The van der Waals surface area contributed by atoms with Crippen LogP contribution in [0.5, 0.6) is 0 Å². The van der Waals surface area contributed by atoms with Gasteiger partial charge < -0.3 is 5.73 Å². The van der Waals surface area contributed by atoms with Crippen LogP contribution in [0.25, 0.3) is 6.08 Å². The minimum Gasteiger partial charge on any atom is -0.351 e. The average Bonchev–Trinajstić information content (AvgIpc) is 2.53. The molecule has 0 spiro atoms. The van der Waals surface area contributed by atoms with Gasteiger partial charge in [-0.25, -0.2) is 4.79 Å². The van der Waals surface area contributed by atoms with Crippen molar-refractivity contribution in [2.24, 2.45) is 5.73 Å². The number of nitrogens with two attached hydrogens (primary N) is 1. The van der Waals surface area contributed by atoms with Gasteiger partial charge in [0.2, 0.25) is 0 Å². The number of carbonyl (C=O) groups excluding carboxylic acids is 1. The zero-order valence-electron chi connectivity index (χ0n) is 11.2. The number of benzene rings is 1. The van der Waals surface area contributed by atoms with Gasteiger partial charge in [0, 0.05) is 0 Å². The molecule has 0 fully saturated rings. The SMILES string of the molecule is C/C=C\C=C1\C=Cc2ccccc2N(C(N)=O)C1C.